The predicted octanol–water partition coefficient (Wildman–Crippen LogP) is 3.85. The molecule has 2 fully saturated rings. The van der Waals surface area contributed by atoms with Gasteiger partial charge in [0.15, 0.2) is 11.9 Å². The fraction of sp³-hybridized carbons (Fsp3) is 0.724. The molecular weight excluding hydrogens is 446 g/mol. The highest BCUT2D eigenvalue weighted by molar-refractivity contribution is 5.80. The van der Waals surface area contributed by atoms with Gasteiger partial charge < -0.3 is 20.4 Å². The summed E-state index contributed by atoms with van der Waals surface area (Å²) in [6.45, 7) is 15.1. The number of likely N-dealkylation sites (tertiary alicyclic amines) is 1. The molecule has 36 heavy (non-hydrogen) atoms. The molecule has 2 saturated heterocycles. The summed E-state index contributed by atoms with van der Waals surface area (Å²) in [4.78, 5) is 14.4. The van der Waals surface area contributed by atoms with Crippen molar-refractivity contribution in [2.24, 2.45) is 16.6 Å². The van der Waals surface area contributed by atoms with Gasteiger partial charge in [-0.15, -0.1) is 0 Å². The van der Waals surface area contributed by atoms with E-state index in [9.17, 15) is 0 Å². The van der Waals surface area contributed by atoms with E-state index < -0.39 is 0 Å². The number of unbranched alkanes of at least 4 members (excludes halogenated alkanes) is 1. The molecule has 5 atom stereocenters. The lowest BCUT2D eigenvalue weighted by atomic mass is 9.98. The van der Waals surface area contributed by atoms with E-state index in [-0.39, 0.29) is 0 Å². The molecule has 4 rings (SSSR count). The Morgan fingerprint density at radius 1 is 1.11 bits per heavy atom. The van der Waals surface area contributed by atoms with E-state index in [2.05, 4.69) is 82.6 Å². The number of rotatable bonds is 12. The van der Waals surface area contributed by atoms with Crippen molar-refractivity contribution in [2.45, 2.75) is 90.4 Å². The van der Waals surface area contributed by atoms with E-state index in [1.54, 1.807) is 0 Å². The predicted molar refractivity (Wildman–Crippen MR) is 150 cm³/mol. The fourth-order valence-electron chi connectivity index (χ4n) is 6.34. The molecule has 3 aliphatic rings. The van der Waals surface area contributed by atoms with Crippen LogP contribution in [0.4, 0.5) is 0 Å². The Balaban J connectivity index is 1.37. The van der Waals surface area contributed by atoms with Crippen molar-refractivity contribution < 1.29 is 0 Å². The molecule has 0 aliphatic carbocycles. The van der Waals surface area contributed by atoms with Crippen LogP contribution >= 0.6 is 0 Å². The average Bonchev–Trinajstić information content (AvgIpc) is 3.56. The molecule has 0 spiro atoms. The van der Waals surface area contributed by atoms with E-state index >= 15 is 0 Å². The van der Waals surface area contributed by atoms with Crippen LogP contribution in [0.5, 0.6) is 0 Å². The highest BCUT2D eigenvalue weighted by atomic mass is 15.5. The number of nitrogens with zero attached hydrogens (tertiary/aromatic N) is 5. The minimum atomic E-state index is 0.334. The maximum Gasteiger partial charge on any atom is 0.194 e. The molecule has 0 amide bonds. The van der Waals surface area contributed by atoms with E-state index in [4.69, 9.17) is 11.1 Å². The zero-order valence-electron chi connectivity index (χ0n) is 23.1. The second kappa shape index (κ2) is 12.3. The molecule has 1 aromatic rings. The van der Waals surface area contributed by atoms with Gasteiger partial charge in [-0.25, -0.2) is 0 Å². The van der Waals surface area contributed by atoms with Crippen molar-refractivity contribution in [1.82, 2.24) is 19.6 Å². The smallest absolute Gasteiger partial charge is 0.194 e. The van der Waals surface area contributed by atoms with Gasteiger partial charge in [-0.3, -0.25) is 15.3 Å². The van der Waals surface area contributed by atoms with Gasteiger partial charge in [0, 0.05) is 38.3 Å². The zero-order valence-corrected chi connectivity index (χ0v) is 23.1. The first-order valence-electron chi connectivity index (χ1n) is 14.4. The van der Waals surface area contributed by atoms with Gasteiger partial charge in [-0.05, 0) is 50.6 Å². The Labute approximate surface area is 219 Å². The second-order valence-electron chi connectivity index (χ2n) is 11.3. The van der Waals surface area contributed by atoms with Crippen LogP contribution in [0.25, 0.3) is 0 Å². The summed E-state index contributed by atoms with van der Waals surface area (Å²) in [5.74, 6) is 2.06. The first kappa shape index (κ1) is 26.8. The molecule has 5 unspecified atom stereocenters. The van der Waals surface area contributed by atoms with Gasteiger partial charge in [0.05, 0.1) is 18.6 Å². The first-order chi connectivity index (χ1) is 17.4. The number of nitrogens with one attached hydrogen (secondary N) is 1. The van der Waals surface area contributed by atoms with Crippen molar-refractivity contribution in [3.8, 4) is 0 Å². The number of nitrogens with two attached hydrogens (primary N) is 1. The largest absolute Gasteiger partial charge is 0.370 e. The van der Waals surface area contributed by atoms with E-state index in [1.807, 2.05) is 0 Å². The topological polar surface area (TPSA) is 75.2 Å². The maximum atomic E-state index is 9.03. The van der Waals surface area contributed by atoms with Gasteiger partial charge in [0.2, 0.25) is 0 Å². The minimum Gasteiger partial charge on any atom is -0.370 e. The standard InChI is InChI=1S/C29H49N7/c1-5-7-16-34-27(22(3)6-2)21-35(29(34)31)23(4)19-33-15-11-14-25(33)20-36-26(18-32-28(36)30)17-24-12-9-8-10-13-24/h8-10,12-13,22-23,25-27,31H,5-7,11,14-21H2,1-4H3,(H2,30,32). The quantitative estimate of drug-likeness (QED) is 0.461. The second-order valence-corrected chi connectivity index (χ2v) is 11.3. The molecule has 0 saturated carbocycles. The molecule has 0 bridgehead atoms. The van der Waals surface area contributed by atoms with Crippen molar-refractivity contribution in [2.75, 3.05) is 39.3 Å². The lowest BCUT2D eigenvalue weighted by Gasteiger charge is -2.36. The van der Waals surface area contributed by atoms with Gasteiger partial charge in [0.1, 0.15) is 0 Å². The Kier molecular flexibility index (Phi) is 9.15. The summed E-state index contributed by atoms with van der Waals surface area (Å²) in [7, 11) is 0. The summed E-state index contributed by atoms with van der Waals surface area (Å²) in [6, 6.07) is 12.4. The summed E-state index contributed by atoms with van der Waals surface area (Å²) in [6.07, 6.45) is 6.94. The van der Waals surface area contributed by atoms with Crippen LogP contribution in [0, 0.1) is 11.3 Å². The van der Waals surface area contributed by atoms with Crippen LogP contribution in [0.3, 0.4) is 0 Å². The van der Waals surface area contributed by atoms with Crippen molar-refractivity contribution >= 4 is 11.9 Å². The number of benzene rings is 1. The molecule has 1 aromatic carbocycles. The summed E-state index contributed by atoms with van der Waals surface area (Å²) in [5.41, 5.74) is 7.75. The number of hydrogen-bond donors (Lipinski definition) is 2. The van der Waals surface area contributed by atoms with Gasteiger partial charge in [-0.1, -0.05) is 63.9 Å². The van der Waals surface area contributed by atoms with Gasteiger partial charge in [-0.2, -0.15) is 0 Å². The van der Waals surface area contributed by atoms with Crippen LogP contribution < -0.4 is 5.73 Å². The fourth-order valence-corrected chi connectivity index (χ4v) is 6.34. The van der Waals surface area contributed by atoms with Crippen LogP contribution in [0.1, 0.15) is 65.4 Å². The Bertz CT molecular complexity index is 872. The Hall–Kier alpha value is -2.28. The van der Waals surface area contributed by atoms with E-state index in [1.165, 1.54) is 31.2 Å². The monoisotopic (exact) mass is 495 g/mol. The van der Waals surface area contributed by atoms with Crippen LogP contribution in [-0.2, 0) is 6.42 Å². The molecule has 200 valence electrons. The highest BCUT2D eigenvalue weighted by Crippen LogP contribution is 2.28. The molecule has 0 radical (unpaired) electrons. The average molecular weight is 496 g/mol. The third kappa shape index (κ3) is 5.99. The molecule has 7 heteroatoms. The van der Waals surface area contributed by atoms with E-state index in [0.717, 1.165) is 58.1 Å². The van der Waals surface area contributed by atoms with Crippen LogP contribution in [0.15, 0.2) is 35.3 Å². The molecular formula is C29H49N7. The van der Waals surface area contributed by atoms with Gasteiger partial charge in [0.25, 0.3) is 0 Å². The first-order valence-corrected chi connectivity index (χ1v) is 14.4. The molecule has 7 nitrogen and oxygen atoms in total. The third-order valence-electron chi connectivity index (χ3n) is 8.83. The van der Waals surface area contributed by atoms with Crippen molar-refractivity contribution in [3.63, 3.8) is 0 Å². The summed E-state index contributed by atoms with van der Waals surface area (Å²) in [5, 5.41) is 9.03. The highest BCUT2D eigenvalue weighted by Gasteiger charge is 2.40. The Morgan fingerprint density at radius 2 is 1.89 bits per heavy atom. The number of guanidine groups is 2. The summed E-state index contributed by atoms with van der Waals surface area (Å²) >= 11 is 0. The molecule has 0 aromatic heterocycles. The van der Waals surface area contributed by atoms with Crippen molar-refractivity contribution in [1.29, 1.82) is 5.41 Å². The molecule has 3 N–H and O–H groups in total. The zero-order chi connectivity index (χ0) is 25.7. The Morgan fingerprint density at radius 3 is 2.61 bits per heavy atom. The number of hydrogen-bond acceptors (Lipinski definition) is 5. The minimum absolute atomic E-state index is 0.334. The molecule has 3 aliphatic heterocycles. The number of aliphatic imine (C=N–C) groups is 1. The van der Waals surface area contributed by atoms with Crippen LogP contribution in [0.2, 0.25) is 0 Å². The lowest BCUT2D eigenvalue weighted by molar-refractivity contribution is 0.161. The maximum absolute atomic E-state index is 9.03. The lowest BCUT2D eigenvalue weighted by Crippen LogP contribution is -2.51. The van der Waals surface area contributed by atoms with Gasteiger partial charge >= 0.3 is 0 Å². The SMILES string of the molecule is CCCCN1C(=N)N(C(C)CN2CCCC2CN2C(N)=NCC2Cc2ccccc2)CC1C(C)CC. The van der Waals surface area contributed by atoms with Crippen molar-refractivity contribution in [3.05, 3.63) is 35.9 Å². The van der Waals surface area contributed by atoms with Crippen LogP contribution in [-0.4, -0.2) is 95.0 Å². The normalized spacial score (nSPS) is 26.7. The summed E-state index contributed by atoms with van der Waals surface area (Å²) < 4.78 is 0. The molecule has 3 heterocycles. The van der Waals surface area contributed by atoms with E-state index in [0.29, 0.717) is 36.0 Å². The third-order valence-corrected chi connectivity index (χ3v) is 8.83.